The minimum absolute atomic E-state index is 0.0584. The highest BCUT2D eigenvalue weighted by Crippen LogP contribution is 2.15. The summed E-state index contributed by atoms with van der Waals surface area (Å²) < 4.78 is 23.4. The molecule has 92 valence electrons. The lowest BCUT2D eigenvalue weighted by atomic mass is 10.2. The number of carboxylic acid groups (broad SMARTS) is 1. The summed E-state index contributed by atoms with van der Waals surface area (Å²) in [5.74, 6) is -1.71. The van der Waals surface area contributed by atoms with Gasteiger partial charge in [0.1, 0.15) is 0 Å². The van der Waals surface area contributed by atoms with Crippen molar-refractivity contribution in [1.82, 2.24) is 0 Å². The third kappa shape index (κ3) is 3.83. The number of hydrogen-bond donors (Lipinski definition) is 1. The molecule has 0 aliphatic carbocycles. The minimum Gasteiger partial charge on any atom is -0.481 e. The van der Waals surface area contributed by atoms with Gasteiger partial charge in [-0.3, -0.25) is 9.59 Å². The van der Waals surface area contributed by atoms with Crippen molar-refractivity contribution in [2.24, 2.45) is 0 Å². The van der Waals surface area contributed by atoms with Crippen molar-refractivity contribution in [1.29, 1.82) is 0 Å². The Kier molecular flexibility index (Phi) is 4.25. The summed E-state index contributed by atoms with van der Waals surface area (Å²) in [7, 11) is -3.70. The molecule has 0 saturated heterocycles. The molecular weight excluding hydrogens is 268 g/mol. The minimum atomic E-state index is -3.70. The van der Waals surface area contributed by atoms with Crippen molar-refractivity contribution in [3.63, 3.8) is 0 Å². The van der Waals surface area contributed by atoms with Crippen LogP contribution in [0.4, 0.5) is 0 Å². The molecule has 1 aromatic rings. The van der Waals surface area contributed by atoms with Crippen LogP contribution in [0.5, 0.6) is 0 Å². The standard InChI is InChI=1S/C10H9ClO5S/c11-10(14)7-2-1-3-8(6-7)17(15,16)5-4-9(12)13/h1-3,6H,4-5H2,(H,12,13). The van der Waals surface area contributed by atoms with Gasteiger partial charge in [0.15, 0.2) is 9.84 Å². The van der Waals surface area contributed by atoms with Crippen molar-refractivity contribution >= 4 is 32.6 Å². The molecule has 1 rings (SSSR count). The van der Waals surface area contributed by atoms with Gasteiger partial charge in [0, 0.05) is 5.56 Å². The molecule has 1 N–H and O–H groups in total. The quantitative estimate of drug-likeness (QED) is 0.819. The maximum absolute atomic E-state index is 11.7. The van der Waals surface area contributed by atoms with E-state index in [1.807, 2.05) is 0 Å². The Labute approximate surface area is 103 Å². The second-order valence-corrected chi connectivity index (χ2v) is 5.72. The van der Waals surface area contributed by atoms with E-state index in [1.54, 1.807) is 0 Å². The zero-order chi connectivity index (χ0) is 13.1. The Bertz CT molecular complexity index is 550. The topological polar surface area (TPSA) is 88.5 Å². The third-order valence-corrected chi connectivity index (χ3v) is 3.94. The number of hydrogen-bond acceptors (Lipinski definition) is 4. The first-order chi connectivity index (χ1) is 7.83. The average molecular weight is 277 g/mol. The van der Waals surface area contributed by atoms with Crippen molar-refractivity contribution < 1.29 is 23.1 Å². The van der Waals surface area contributed by atoms with E-state index in [1.165, 1.54) is 18.2 Å². The Hall–Kier alpha value is -1.40. The lowest BCUT2D eigenvalue weighted by Gasteiger charge is -2.03. The van der Waals surface area contributed by atoms with Gasteiger partial charge in [0.05, 0.1) is 17.1 Å². The summed E-state index contributed by atoms with van der Waals surface area (Å²) in [6.07, 6.45) is -0.485. The molecule has 0 spiro atoms. The Morgan fingerprint density at radius 2 is 1.94 bits per heavy atom. The predicted molar refractivity (Wildman–Crippen MR) is 60.9 cm³/mol. The number of carbonyl (C=O) groups excluding carboxylic acids is 1. The fraction of sp³-hybridized carbons (Fsp3) is 0.200. The molecule has 0 amide bonds. The molecule has 0 aliphatic rings. The first-order valence-electron chi connectivity index (χ1n) is 4.57. The van der Waals surface area contributed by atoms with Crippen LogP contribution in [0.2, 0.25) is 0 Å². The number of benzene rings is 1. The number of carbonyl (C=O) groups is 2. The number of halogens is 1. The monoisotopic (exact) mass is 276 g/mol. The van der Waals surface area contributed by atoms with Crippen LogP contribution in [0.3, 0.4) is 0 Å². The maximum atomic E-state index is 11.7. The number of rotatable bonds is 5. The highest BCUT2D eigenvalue weighted by Gasteiger charge is 2.17. The molecule has 0 fully saturated rings. The Morgan fingerprint density at radius 3 is 2.47 bits per heavy atom. The predicted octanol–water partition coefficient (Wildman–Crippen LogP) is 1.31. The van der Waals surface area contributed by atoms with Crippen LogP contribution >= 0.6 is 11.6 Å². The van der Waals surface area contributed by atoms with Crippen molar-refractivity contribution in [2.75, 3.05) is 5.75 Å². The van der Waals surface area contributed by atoms with E-state index in [2.05, 4.69) is 0 Å². The molecular formula is C10H9ClO5S. The lowest BCUT2D eigenvalue weighted by molar-refractivity contribution is -0.136. The highest BCUT2D eigenvalue weighted by molar-refractivity contribution is 7.91. The largest absolute Gasteiger partial charge is 0.481 e. The molecule has 0 heterocycles. The van der Waals surface area contributed by atoms with Crippen molar-refractivity contribution in [3.8, 4) is 0 Å². The smallest absolute Gasteiger partial charge is 0.304 e. The molecule has 17 heavy (non-hydrogen) atoms. The molecule has 0 aromatic heterocycles. The van der Waals surface area contributed by atoms with Gasteiger partial charge < -0.3 is 5.11 Å². The lowest BCUT2D eigenvalue weighted by Crippen LogP contribution is -2.11. The summed E-state index contributed by atoms with van der Waals surface area (Å²) >= 11 is 5.22. The van der Waals surface area contributed by atoms with Crippen LogP contribution in [0, 0.1) is 0 Å². The Morgan fingerprint density at radius 1 is 1.29 bits per heavy atom. The van der Waals surface area contributed by atoms with Gasteiger partial charge in [-0.05, 0) is 23.7 Å². The zero-order valence-electron chi connectivity index (χ0n) is 8.59. The fourth-order valence-corrected chi connectivity index (χ4v) is 2.54. The molecule has 7 heteroatoms. The average Bonchev–Trinajstić information content (AvgIpc) is 2.27. The molecule has 0 unspecified atom stereocenters. The van der Waals surface area contributed by atoms with Gasteiger partial charge in [0.25, 0.3) is 5.24 Å². The summed E-state index contributed by atoms with van der Waals surface area (Å²) in [6, 6.07) is 5.18. The van der Waals surface area contributed by atoms with Gasteiger partial charge in [0.2, 0.25) is 0 Å². The van der Waals surface area contributed by atoms with E-state index >= 15 is 0 Å². The molecule has 0 bridgehead atoms. The number of carboxylic acids is 1. The highest BCUT2D eigenvalue weighted by atomic mass is 35.5. The van der Waals surface area contributed by atoms with Gasteiger partial charge in [-0.2, -0.15) is 0 Å². The van der Waals surface area contributed by atoms with Crippen LogP contribution in [0.1, 0.15) is 16.8 Å². The number of aliphatic carboxylic acids is 1. The summed E-state index contributed by atoms with van der Waals surface area (Å²) in [5, 5.41) is 7.66. The van der Waals surface area contributed by atoms with Crippen LogP contribution in [-0.2, 0) is 14.6 Å². The number of sulfone groups is 1. The van der Waals surface area contributed by atoms with Gasteiger partial charge in [-0.1, -0.05) is 12.1 Å². The third-order valence-electron chi connectivity index (χ3n) is 2.00. The van der Waals surface area contributed by atoms with E-state index in [0.717, 1.165) is 6.07 Å². The maximum Gasteiger partial charge on any atom is 0.304 e. The Balaban J connectivity index is 3.03. The van der Waals surface area contributed by atoms with Gasteiger partial charge in [-0.15, -0.1) is 0 Å². The van der Waals surface area contributed by atoms with Crippen LogP contribution in [0.15, 0.2) is 29.2 Å². The molecule has 0 atom stereocenters. The van der Waals surface area contributed by atoms with Crippen LogP contribution in [-0.4, -0.2) is 30.5 Å². The van der Waals surface area contributed by atoms with E-state index < -0.39 is 33.2 Å². The van der Waals surface area contributed by atoms with E-state index in [-0.39, 0.29) is 10.5 Å². The normalized spacial score (nSPS) is 11.1. The first-order valence-corrected chi connectivity index (χ1v) is 6.60. The zero-order valence-corrected chi connectivity index (χ0v) is 10.2. The van der Waals surface area contributed by atoms with E-state index in [9.17, 15) is 18.0 Å². The molecule has 0 saturated carbocycles. The summed E-state index contributed by atoms with van der Waals surface area (Å²) in [5.41, 5.74) is 0.0584. The summed E-state index contributed by atoms with van der Waals surface area (Å²) in [6.45, 7) is 0. The van der Waals surface area contributed by atoms with Crippen LogP contribution in [0.25, 0.3) is 0 Å². The van der Waals surface area contributed by atoms with Crippen molar-refractivity contribution in [3.05, 3.63) is 29.8 Å². The molecule has 5 nitrogen and oxygen atoms in total. The van der Waals surface area contributed by atoms with Crippen LogP contribution < -0.4 is 0 Å². The SMILES string of the molecule is O=C(O)CCS(=O)(=O)c1cccc(C(=O)Cl)c1. The van der Waals surface area contributed by atoms with Gasteiger partial charge in [-0.25, -0.2) is 8.42 Å². The second-order valence-electron chi connectivity index (χ2n) is 3.26. The first kappa shape index (κ1) is 13.7. The summed E-state index contributed by atoms with van der Waals surface area (Å²) in [4.78, 5) is 21.1. The van der Waals surface area contributed by atoms with E-state index in [4.69, 9.17) is 16.7 Å². The second kappa shape index (κ2) is 5.29. The fourth-order valence-electron chi connectivity index (χ4n) is 1.15. The van der Waals surface area contributed by atoms with Crippen molar-refractivity contribution in [2.45, 2.75) is 11.3 Å². The van der Waals surface area contributed by atoms with Gasteiger partial charge >= 0.3 is 5.97 Å². The molecule has 0 radical (unpaired) electrons. The molecule has 1 aromatic carbocycles. The van der Waals surface area contributed by atoms with E-state index in [0.29, 0.717) is 0 Å². The molecule has 0 aliphatic heterocycles.